The molecule has 1 amide bonds. The van der Waals surface area contributed by atoms with Gasteiger partial charge in [0.1, 0.15) is 0 Å². The summed E-state index contributed by atoms with van der Waals surface area (Å²) in [5, 5.41) is 21.7. The molecule has 0 saturated heterocycles. The van der Waals surface area contributed by atoms with Gasteiger partial charge in [0.15, 0.2) is 6.04 Å². The Morgan fingerprint density at radius 2 is 1.92 bits per heavy atom. The molecule has 0 saturated carbocycles. The number of hydrogen-bond donors (Lipinski definition) is 4. The number of carbonyl (C=O) groups excluding carboxylic acids is 1. The minimum Gasteiger partial charge on any atom is -0.479 e. The molecule has 2 aromatic rings. The van der Waals surface area contributed by atoms with E-state index >= 15 is 0 Å². The molecule has 0 aliphatic carbocycles. The van der Waals surface area contributed by atoms with Gasteiger partial charge in [-0.1, -0.05) is 31.2 Å². The summed E-state index contributed by atoms with van der Waals surface area (Å²) in [4.78, 5) is 23.0. The number of carboxylic acids is 1. The van der Waals surface area contributed by atoms with Crippen LogP contribution in [0.25, 0.3) is 0 Å². The van der Waals surface area contributed by atoms with Crippen molar-refractivity contribution >= 4 is 17.6 Å². The Balaban J connectivity index is 2.34. The van der Waals surface area contributed by atoms with E-state index in [4.69, 9.17) is 10.8 Å². The number of aryl methyl sites for hydroxylation is 1. The molecular formula is C19H22N2O4. The molecule has 0 bridgehead atoms. The fourth-order valence-corrected chi connectivity index (χ4v) is 2.74. The standard InChI is InChI=1S/C19H22N2O4/c1-2-12-10-14(7-6-13(12)8-9-22)17(19(24)25)21-16-5-3-4-15(11-16)18(20)23/h3-7,10-11,17,21-22H,2,8-9H2,1H3,(H2,20,23)(H,24,25). The summed E-state index contributed by atoms with van der Waals surface area (Å²) in [5.41, 5.74) is 8.69. The first-order valence-electron chi connectivity index (χ1n) is 8.08. The number of aliphatic hydroxyl groups excluding tert-OH is 1. The van der Waals surface area contributed by atoms with Crippen LogP contribution < -0.4 is 11.1 Å². The number of nitrogens with two attached hydrogens (primary N) is 1. The lowest BCUT2D eigenvalue weighted by molar-refractivity contribution is -0.138. The fourth-order valence-electron chi connectivity index (χ4n) is 2.74. The van der Waals surface area contributed by atoms with Crippen LogP contribution in [0, 0.1) is 0 Å². The normalized spacial score (nSPS) is 11.8. The fraction of sp³-hybridized carbons (Fsp3) is 0.263. The Labute approximate surface area is 146 Å². The van der Waals surface area contributed by atoms with Gasteiger partial charge in [-0.05, 0) is 47.7 Å². The number of amides is 1. The van der Waals surface area contributed by atoms with E-state index in [2.05, 4.69) is 5.32 Å². The Morgan fingerprint density at radius 1 is 1.16 bits per heavy atom. The highest BCUT2D eigenvalue weighted by Gasteiger charge is 2.21. The molecule has 0 spiro atoms. The van der Waals surface area contributed by atoms with Crippen molar-refractivity contribution in [1.82, 2.24) is 0 Å². The molecule has 1 unspecified atom stereocenters. The molecule has 0 aliphatic heterocycles. The van der Waals surface area contributed by atoms with E-state index in [9.17, 15) is 14.7 Å². The summed E-state index contributed by atoms with van der Waals surface area (Å²) in [6, 6.07) is 10.9. The van der Waals surface area contributed by atoms with Crippen molar-refractivity contribution in [3.8, 4) is 0 Å². The van der Waals surface area contributed by atoms with Crippen LogP contribution >= 0.6 is 0 Å². The van der Waals surface area contributed by atoms with E-state index < -0.39 is 17.9 Å². The van der Waals surface area contributed by atoms with Crippen LogP contribution in [0.1, 0.15) is 40.0 Å². The van der Waals surface area contributed by atoms with Gasteiger partial charge in [-0.3, -0.25) is 4.79 Å². The quantitative estimate of drug-likeness (QED) is 0.587. The number of aliphatic hydroxyl groups is 1. The molecule has 25 heavy (non-hydrogen) atoms. The van der Waals surface area contributed by atoms with Gasteiger partial charge < -0.3 is 21.3 Å². The van der Waals surface area contributed by atoms with Crippen LogP contribution in [-0.4, -0.2) is 28.7 Å². The van der Waals surface area contributed by atoms with Gasteiger partial charge in [0.05, 0.1) is 0 Å². The third-order valence-corrected chi connectivity index (χ3v) is 4.03. The maximum atomic E-state index is 11.7. The molecule has 0 heterocycles. The predicted molar refractivity (Wildman–Crippen MR) is 95.6 cm³/mol. The lowest BCUT2D eigenvalue weighted by atomic mass is 9.96. The van der Waals surface area contributed by atoms with Crippen LogP contribution in [0.15, 0.2) is 42.5 Å². The Morgan fingerprint density at radius 3 is 2.52 bits per heavy atom. The van der Waals surface area contributed by atoms with Gasteiger partial charge in [0, 0.05) is 17.9 Å². The number of carboxylic acid groups (broad SMARTS) is 1. The number of primary amides is 1. The maximum absolute atomic E-state index is 11.7. The molecular weight excluding hydrogens is 320 g/mol. The molecule has 0 aromatic heterocycles. The summed E-state index contributed by atoms with van der Waals surface area (Å²) in [5.74, 6) is -1.60. The number of rotatable bonds is 8. The lowest BCUT2D eigenvalue weighted by Gasteiger charge is -2.18. The van der Waals surface area contributed by atoms with Gasteiger partial charge >= 0.3 is 5.97 Å². The van der Waals surface area contributed by atoms with Gasteiger partial charge in [-0.15, -0.1) is 0 Å². The first-order chi connectivity index (χ1) is 12.0. The number of benzene rings is 2. The van der Waals surface area contributed by atoms with Crippen molar-refractivity contribution in [3.63, 3.8) is 0 Å². The van der Waals surface area contributed by atoms with Crippen LogP contribution in [0.3, 0.4) is 0 Å². The molecule has 132 valence electrons. The number of nitrogens with one attached hydrogen (secondary N) is 1. The Bertz CT molecular complexity index is 774. The largest absolute Gasteiger partial charge is 0.479 e. The highest BCUT2D eigenvalue weighted by molar-refractivity contribution is 5.94. The number of aliphatic carboxylic acids is 1. The van der Waals surface area contributed by atoms with Crippen molar-refractivity contribution in [2.75, 3.05) is 11.9 Å². The smallest absolute Gasteiger partial charge is 0.330 e. The summed E-state index contributed by atoms with van der Waals surface area (Å²) >= 11 is 0. The first-order valence-corrected chi connectivity index (χ1v) is 8.08. The van der Waals surface area contributed by atoms with Gasteiger partial charge in [0.25, 0.3) is 0 Å². The summed E-state index contributed by atoms with van der Waals surface area (Å²) in [6.45, 7) is 2.03. The number of carbonyl (C=O) groups is 2. The number of anilines is 1. The first kappa shape index (κ1) is 18.5. The zero-order valence-corrected chi connectivity index (χ0v) is 14.0. The highest BCUT2D eigenvalue weighted by Crippen LogP contribution is 2.24. The van der Waals surface area contributed by atoms with E-state index in [1.165, 1.54) is 6.07 Å². The molecule has 5 N–H and O–H groups in total. The predicted octanol–water partition coefficient (Wildman–Crippen LogP) is 2.12. The Kier molecular flexibility index (Phi) is 6.14. The summed E-state index contributed by atoms with van der Waals surface area (Å²) in [7, 11) is 0. The van der Waals surface area contributed by atoms with Gasteiger partial charge in [0.2, 0.25) is 5.91 Å². The van der Waals surface area contributed by atoms with Crippen LogP contribution in [0.4, 0.5) is 5.69 Å². The van der Waals surface area contributed by atoms with E-state index in [1.807, 2.05) is 19.1 Å². The van der Waals surface area contributed by atoms with Crippen molar-refractivity contribution < 1.29 is 19.8 Å². The van der Waals surface area contributed by atoms with Gasteiger partial charge in [-0.25, -0.2) is 4.79 Å². The van der Waals surface area contributed by atoms with Crippen molar-refractivity contribution in [3.05, 3.63) is 64.7 Å². The SMILES string of the molecule is CCc1cc(C(Nc2cccc(C(N)=O)c2)C(=O)O)ccc1CCO. The highest BCUT2D eigenvalue weighted by atomic mass is 16.4. The third kappa shape index (κ3) is 4.58. The van der Waals surface area contributed by atoms with E-state index in [-0.39, 0.29) is 6.61 Å². The summed E-state index contributed by atoms with van der Waals surface area (Å²) in [6.07, 6.45) is 1.28. The van der Waals surface area contributed by atoms with Crippen molar-refractivity contribution in [2.45, 2.75) is 25.8 Å². The molecule has 2 aromatic carbocycles. The van der Waals surface area contributed by atoms with Crippen molar-refractivity contribution in [2.24, 2.45) is 5.73 Å². The van der Waals surface area contributed by atoms with Crippen LogP contribution in [0.2, 0.25) is 0 Å². The topological polar surface area (TPSA) is 113 Å². The molecule has 6 heteroatoms. The molecule has 1 atom stereocenters. The molecule has 0 fully saturated rings. The average molecular weight is 342 g/mol. The zero-order chi connectivity index (χ0) is 18.4. The third-order valence-electron chi connectivity index (χ3n) is 4.03. The van der Waals surface area contributed by atoms with E-state index in [0.29, 0.717) is 23.2 Å². The molecule has 6 nitrogen and oxygen atoms in total. The summed E-state index contributed by atoms with van der Waals surface area (Å²) < 4.78 is 0. The Hall–Kier alpha value is -2.86. The second kappa shape index (κ2) is 8.30. The second-order valence-corrected chi connectivity index (χ2v) is 5.72. The lowest BCUT2D eigenvalue weighted by Crippen LogP contribution is -2.21. The maximum Gasteiger partial charge on any atom is 0.330 e. The molecule has 0 aliphatic rings. The minimum atomic E-state index is -1.03. The minimum absolute atomic E-state index is 0.0485. The molecule has 2 rings (SSSR count). The zero-order valence-electron chi connectivity index (χ0n) is 14.0. The van der Waals surface area contributed by atoms with Crippen LogP contribution in [0.5, 0.6) is 0 Å². The number of hydrogen-bond acceptors (Lipinski definition) is 4. The second-order valence-electron chi connectivity index (χ2n) is 5.72. The van der Waals surface area contributed by atoms with Crippen LogP contribution in [-0.2, 0) is 17.6 Å². The molecule has 0 radical (unpaired) electrons. The van der Waals surface area contributed by atoms with Crippen molar-refractivity contribution in [1.29, 1.82) is 0 Å². The van der Waals surface area contributed by atoms with E-state index in [1.54, 1.807) is 24.3 Å². The van der Waals surface area contributed by atoms with E-state index in [0.717, 1.165) is 17.5 Å². The average Bonchev–Trinajstić information content (AvgIpc) is 2.60. The monoisotopic (exact) mass is 342 g/mol. The van der Waals surface area contributed by atoms with Gasteiger partial charge in [-0.2, -0.15) is 0 Å².